The zero-order chi connectivity index (χ0) is 26.9. The minimum atomic E-state index is -0.496. The quantitative estimate of drug-likeness (QED) is 0.307. The normalized spacial score (nSPS) is 12.4. The first-order chi connectivity index (χ1) is 19.0. The molecule has 0 saturated carbocycles. The van der Waals surface area contributed by atoms with E-state index in [1.165, 1.54) is 11.3 Å². The number of rotatable bonds is 6. The minimum absolute atomic E-state index is 0.159. The Hall–Kier alpha value is -4.89. The number of aromatic nitrogens is 5. The van der Waals surface area contributed by atoms with Crippen molar-refractivity contribution in [1.82, 2.24) is 29.5 Å². The number of hydrogen-bond acceptors (Lipinski definition) is 6. The van der Waals surface area contributed by atoms with Gasteiger partial charge in [0, 0.05) is 34.8 Å². The van der Waals surface area contributed by atoms with E-state index in [-0.39, 0.29) is 11.5 Å². The van der Waals surface area contributed by atoms with Crippen molar-refractivity contribution in [3.8, 4) is 5.69 Å². The molecule has 4 aromatic heterocycles. The molecule has 39 heavy (non-hydrogen) atoms. The van der Waals surface area contributed by atoms with Crippen molar-refractivity contribution in [2.75, 3.05) is 0 Å². The lowest BCUT2D eigenvalue weighted by Crippen LogP contribution is -2.32. The Morgan fingerprint density at radius 3 is 2.72 bits per heavy atom. The summed E-state index contributed by atoms with van der Waals surface area (Å²) >= 11 is 1.53. The molecular formula is C30H24N6O2S. The van der Waals surface area contributed by atoms with Gasteiger partial charge in [-0.25, -0.2) is 9.50 Å². The SMILES string of the molecule is Cc1nn2cccnc2c1C(=O)N[C@@H](C)c1cc2cccc(/C=C/c3cncs3)c2c(=O)n1-c1ccccc1. The molecule has 0 fully saturated rings. The molecule has 9 heteroatoms. The standard InChI is InChI=1S/C30H24N6O2S/c1-19(33-29(37)26-20(2)34-35-15-7-14-32-28(26)35)25-16-22-9-6-8-21(12-13-24-17-31-18-39-24)27(22)30(38)36(25)23-10-4-3-5-11-23/h3-19H,1-2H3,(H,33,37)/b13-12+/t19-/m0/s1. The smallest absolute Gasteiger partial charge is 0.263 e. The molecule has 1 N–H and O–H groups in total. The van der Waals surface area contributed by atoms with Gasteiger partial charge in [0.15, 0.2) is 5.65 Å². The van der Waals surface area contributed by atoms with Crippen LogP contribution in [0.3, 0.4) is 0 Å². The summed E-state index contributed by atoms with van der Waals surface area (Å²) in [5.74, 6) is -0.304. The first kappa shape index (κ1) is 24.4. The molecule has 0 aliphatic heterocycles. The number of pyridine rings is 1. The van der Waals surface area contributed by atoms with Crippen molar-refractivity contribution in [1.29, 1.82) is 0 Å². The van der Waals surface area contributed by atoms with E-state index in [0.717, 1.165) is 21.5 Å². The van der Waals surface area contributed by atoms with E-state index in [1.54, 1.807) is 46.2 Å². The van der Waals surface area contributed by atoms with Crippen molar-refractivity contribution < 1.29 is 4.79 Å². The number of nitrogens with zero attached hydrogens (tertiary/aromatic N) is 5. The third-order valence-corrected chi connectivity index (χ3v) is 7.33. The molecule has 192 valence electrons. The molecule has 1 amide bonds. The van der Waals surface area contributed by atoms with E-state index < -0.39 is 6.04 Å². The largest absolute Gasteiger partial charge is 0.344 e. The molecule has 0 saturated heterocycles. The molecule has 0 aliphatic rings. The van der Waals surface area contributed by atoms with Crippen molar-refractivity contribution in [2.45, 2.75) is 19.9 Å². The highest BCUT2D eigenvalue weighted by Crippen LogP contribution is 2.25. The van der Waals surface area contributed by atoms with Gasteiger partial charge in [0.05, 0.1) is 22.6 Å². The summed E-state index contributed by atoms with van der Waals surface area (Å²) in [5, 5.41) is 8.89. The zero-order valence-corrected chi connectivity index (χ0v) is 22.1. The highest BCUT2D eigenvalue weighted by molar-refractivity contribution is 7.10. The molecule has 0 bridgehead atoms. The summed E-state index contributed by atoms with van der Waals surface area (Å²) in [6.07, 6.45) is 9.08. The van der Waals surface area contributed by atoms with Crippen LogP contribution in [0.15, 0.2) is 89.6 Å². The van der Waals surface area contributed by atoms with Crippen LogP contribution in [0, 0.1) is 6.92 Å². The first-order valence-corrected chi connectivity index (χ1v) is 13.3. The Labute approximate surface area is 227 Å². The summed E-state index contributed by atoms with van der Waals surface area (Å²) in [4.78, 5) is 37.1. The number of hydrogen-bond donors (Lipinski definition) is 1. The number of thiazole rings is 1. The van der Waals surface area contributed by atoms with E-state index in [4.69, 9.17) is 0 Å². The van der Waals surface area contributed by atoms with Gasteiger partial charge in [-0.1, -0.05) is 42.5 Å². The van der Waals surface area contributed by atoms with E-state index in [0.29, 0.717) is 28.0 Å². The molecule has 8 nitrogen and oxygen atoms in total. The maximum absolute atomic E-state index is 14.2. The van der Waals surface area contributed by atoms with Crippen LogP contribution in [0.4, 0.5) is 0 Å². The van der Waals surface area contributed by atoms with E-state index in [2.05, 4.69) is 20.4 Å². The van der Waals surface area contributed by atoms with E-state index in [9.17, 15) is 9.59 Å². The molecule has 0 spiro atoms. The third-order valence-electron chi connectivity index (χ3n) is 6.59. The fraction of sp³-hybridized carbons (Fsp3) is 0.100. The van der Waals surface area contributed by atoms with Crippen molar-refractivity contribution in [3.63, 3.8) is 0 Å². The molecule has 6 rings (SSSR count). The van der Waals surface area contributed by atoms with Crippen molar-refractivity contribution >= 4 is 45.8 Å². The third kappa shape index (κ3) is 4.53. The topological polar surface area (TPSA) is 94.2 Å². The number of aryl methyl sites for hydroxylation is 1. The molecule has 1 atom stereocenters. The van der Waals surface area contributed by atoms with Crippen LogP contribution in [0.2, 0.25) is 0 Å². The van der Waals surface area contributed by atoms with Gasteiger partial charge >= 0.3 is 0 Å². The van der Waals surface area contributed by atoms with Crippen LogP contribution < -0.4 is 10.9 Å². The monoisotopic (exact) mass is 532 g/mol. The molecule has 0 radical (unpaired) electrons. The highest BCUT2D eigenvalue weighted by Gasteiger charge is 2.23. The summed E-state index contributed by atoms with van der Waals surface area (Å²) in [5.41, 5.74) is 5.28. The molecule has 0 aliphatic carbocycles. The van der Waals surface area contributed by atoms with Gasteiger partial charge in [-0.2, -0.15) is 5.10 Å². The second-order valence-electron chi connectivity index (χ2n) is 9.14. The molecule has 4 heterocycles. The summed E-state index contributed by atoms with van der Waals surface area (Å²) in [6.45, 7) is 3.66. The maximum Gasteiger partial charge on any atom is 0.263 e. The van der Waals surface area contributed by atoms with Gasteiger partial charge < -0.3 is 5.32 Å². The van der Waals surface area contributed by atoms with Gasteiger partial charge in [-0.15, -0.1) is 11.3 Å². The summed E-state index contributed by atoms with van der Waals surface area (Å²) in [6, 6.07) is 18.5. The van der Waals surface area contributed by atoms with Crippen molar-refractivity contribution in [2.24, 2.45) is 0 Å². The van der Waals surface area contributed by atoms with Gasteiger partial charge in [-0.05, 0) is 55.1 Å². The number of benzene rings is 2. The summed E-state index contributed by atoms with van der Waals surface area (Å²) in [7, 11) is 0. The van der Waals surface area contributed by atoms with E-state index >= 15 is 0 Å². The second-order valence-corrected chi connectivity index (χ2v) is 10.1. The number of fused-ring (bicyclic) bond motifs is 2. The lowest BCUT2D eigenvalue weighted by molar-refractivity contribution is 0.0939. The number of para-hydroxylation sites is 1. The maximum atomic E-state index is 14.2. The predicted octanol–water partition coefficient (Wildman–Crippen LogP) is 5.46. The number of nitrogens with one attached hydrogen (secondary N) is 1. The Balaban J connectivity index is 1.47. The predicted molar refractivity (Wildman–Crippen MR) is 154 cm³/mol. The average Bonchev–Trinajstić information content (AvgIpc) is 3.59. The Bertz CT molecular complexity index is 1910. The fourth-order valence-corrected chi connectivity index (χ4v) is 5.31. The van der Waals surface area contributed by atoms with Crippen LogP contribution in [0.5, 0.6) is 0 Å². The minimum Gasteiger partial charge on any atom is -0.344 e. The molecule has 6 aromatic rings. The van der Waals surface area contributed by atoms with E-state index in [1.807, 2.05) is 73.7 Å². The number of amides is 1. The molecular weight excluding hydrogens is 508 g/mol. The van der Waals surface area contributed by atoms with Crippen LogP contribution >= 0.6 is 11.3 Å². The average molecular weight is 533 g/mol. The Kier molecular flexibility index (Phi) is 6.34. The lowest BCUT2D eigenvalue weighted by Gasteiger charge is -2.21. The molecule has 2 aromatic carbocycles. The Morgan fingerprint density at radius 2 is 1.92 bits per heavy atom. The second kappa shape index (κ2) is 10.1. The van der Waals surface area contributed by atoms with Gasteiger partial charge in [-0.3, -0.25) is 19.1 Å². The van der Waals surface area contributed by atoms with Gasteiger partial charge in [0.2, 0.25) is 0 Å². The van der Waals surface area contributed by atoms with Crippen LogP contribution in [-0.4, -0.2) is 30.1 Å². The van der Waals surface area contributed by atoms with Crippen molar-refractivity contribution in [3.05, 3.63) is 123 Å². The fourth-order valence-electron chi connectivity index (χ4n) is 4.79. The molecule has 0 unspecified atom stereocenters. The van der Waals surface area contributed by atoms with Gasteiger partial charge in [0.1, 0.15) is 5.56 Å². The van der Waals surface area contributed by atoms with Crippen LogP contribution in [0.25, 0.3) is 34.3 Å². The zero-order valence-electron chi connectivity index (χ0n) is 21.3. The highest BCUT2D eigenvalue weighted by atomic mass is 32.1. The van der Waals surface area contributed by atoms with Crippen LogP contribution in [-0.2, 0) is 0 Å². The number of carbonyl (C=O) groups is 1. The lowest BCUT2D eigenvalue weighted by atomic mass is 10.0. The van der Waals surface area contributed by atoms with Gasteiger partial charge in [0.25, 0.3) is 11.5 Å². The first-order valence-electron chi connectivity index (χ1n) is 12.4. The Morgan fingerprint density at radius 1 is 1.08 bits per heavy atom. The van der Waals surface area contributed by atoms with Crippen LogP contribution in [0.1, 0.15) is 45.2 Å². The number of carbonyl (C=O) groups excluding carboxylic acids is 1. The summed E-state index contributed by atoms with van der Waals surface area (Å²) < 4.78 is 3.27.